The molecule has 1 saturated heterocycles. The fourth-order valence-electron chi connectivity index (χ4n) is 2.35. The van der Waals surface area contributed by atoms with Gasteiger partial charge in [0.15, 0.2) is 0 Å². The van der Waals surface area contributed by atoms with E-state index in [-0.39, 0.29) is 5.91 Å². The number of amides is 1. The third-order valence-corrected chi connectivity index (χ3v) is 3.75. The molecule has 1 heterocycles. The zero-order valence-corrected chi connectivity index (χ0v) is 9.49. The molecule has 2 unspecified atom stereocenters. The number of rotatable bonds is 1. The molecule has 82 valence electrons. The van der Waals surface area contributed by atoms with E-state index in [0.717, 1.165) is 25.8 Å². The third kappa shape index (κ3) is 1.73. The van der Waals surface area contributed by atoms with E-state index >= 15 is 0 Å². The highest BCUT2D eigenvalue weighted by Gasteiger charge is 2.53. The lowest BCUT2D eigenvalue weighted by molar-refractivity contribution is -0.139. The van der Waals surface area contributed by atoms with Gasteiger partial charge in [-0.3, -0.25) is 4.79 Å². The minimum atomic E-state index is -0.634. The van der Waals surface area contributed by atoms with Crippen LogP contribution in [0, 0.1) is 22.7 Å². The van der Waals surface area contributed by atoms with Crippen LogP contribution in [0.15, 0.2) is 0 Å². The van der Waals surface area contributed by atoms with Crippen LogP contribution in [0.25, 0.3) is 0 Å². The summed E-state index contributed by atoms with van der Waals surface area (Å²) in [5.41, 5.74) is -0.634. The Labute approximate surface area is 91.1 Å². The standard InChI is InChI=1S/C12H18N2O/c1-9-3-4-10(2)14(7-9)11(15)12(8-13)5-6-12/h9-10H,3-7H2,1-2H3. The smallest absolute Gasteiger partial charge is 0.243 e. The van der Waals surface area contributed by atoms with Crippen molar-refractivity contribution < 1.29 is 4.79 Å². The molecule has 2 atom stereocenters. The predicted molar refractivity (Wildman–Crippen MR) is 56.9 cm³/mol. The molecule has 3 nitrogen and oxygen atoms in total. The summed E-state index contributed by atoms with van der Waals surface area (Å²) in [6.45, 7) is 5.11. The highest BCUT2D eigenvalue weighted by atomic mass is 16.2. The average molecular weight is 206 g/mol. The lowest BCUT2D eigenvalue weighted by atomic mass is 9.93. The van der Waals surface area contributed by atoms with Crippen molar-refractivity contribution in [2.45, 2.75) is 45.6 Å². The van der Waals surface area contributed by atoms with Crippen molar-refractivity contribution in [2.75, 3.05) is 6.54 Å². The molecule has 1 amide bonds. The van der Waals surface area contributed by atoms with Crippen LogP contribution in [0.5, 0.6) is 0 Å². The Bertz CT molecular complexity index is 314. The first-order valence-corrected chi connectivity index (χ1v) is 5.81. The number of piperidine rings is 1. The van der Waals surface area contributed by atoms with Crippen molar-refractivity contribution in [3.05, 3.63) is 0 Å². The summed E-state index contributed by atoms with van der Waals surface area (Å²) in [7, 11) is 0. The van der Waals surface area contributed by atoms with E-state index in [1.54, 1.807) is 0 Å². The van der Waals surface area contributed by atoms with Gasteiger partial charge in [-0.25, -0.2) is 0 Å². The van der Waals surface area contributed by atoms with Crippen LogP contribution in [0.3, 0.4) is 0 Å². The molecular formula is C12H18N2O. The molecule has 2 aliphatic rings. The van der Waals surface area contributed by atoms with Crippen molar-refractivity contribution in [3.63, 3.8) is 0 Å². The molecule has 2 fully saturated rings. The Balaban J connectivity index is 2.09. The molecule has 1 aliphatic heterocycles. The monoisotopic (exact) mass is 206 g/mol. The van der Waals surface area contributed by atoms with Gasteiger partial charge >= 0.3 is 0 Å². The first-order valence-electron chi connectivity index (χ1n) is 5.81. The number of hydrogen-bond donors (Lipinski definition) is 0. The van der Waals surface area contributed by atoms with Gasteiger partial charge in [0.25, 0.3) is 0 Å². The molecule has 0 spiro atoms. The van der Waals surface area contributed by atoms with Gasteiger partial charge in [-0.15, -0.1) is 0 Å². The molecule has 0 bridgehead atoms. The van der Waals surface area contributed by atoms with Crippen LogP contribution < -0.4 is 0 Å². The second kappa shape index (κ2) is 3.52. The van der Waals surface area contributed by atoms with Crippen LogP contribution in [0.4, 0.5) is 0 Å². The first-order chi connectivity index (χ1) is 7.09. The molecule has 0 aromatic rings. The maximum Gasteiger partial charge on any atom is 0.243 e. The largest absolute Gasteiger partial charge is 0.338 e. The van der Waals surface area contributed by atoms with Gasteiger partial charge in [0.2, 0.25) is 5.91 Å². The molecule has 0 N–H and O–H groups in total. The van der Waals surface area contributed by atoms with Crippen LogP contribution in [-0.4, -0.2) is 23.4 Å². The van der Waals surface area contributed by atoms with Crippen molar-refractivity contribution in [2.24, 2.45) is 11.3 Å². The summed E-state index contributed by atoms with van der Waals surface area (Å²) in [4.78, 5) is 14.1. The normalized spacial score (nSPS) is 33.3. The molecule has 0 aromatic heterocycles. The second-order valence-corrected chi connectivity index (χ2v) is 5.18. The summed E-state index contributed by atoms with van der Waals surface area (Å²) >= 11 is 0. The minimum Gasteiger partial charge on any atom is -0.338 e. The fraction of sp³-hybridized carbons (Fsp3) is 0.833. The lowest BCUT2D eigenvalue weighted by Gasteiger charge is -2.37. The summed E-state index contributed by atoms with van der Waals surface area (Å²) in [5, 5.41) is 9.01. The number of likely N-dealkylation sites (tertiary alicyclic amines) is 1. The molecule has 0 aromatic carbocycles. The van der Waals surface area contributed by atoms with Gasteiger partial charge in [0.05, 0.1) is 6.07 Å². The lowest BCUT2D eigenvalue weighted by Crippen LogP contribution is -2.47. The zero-order chi connectivity index (χ0) is 11.1. The zero-order valence-electron chi connectivity index (χ0n) is 9.49. The summed E-state index contributed by atoms with van der Waals surface area (Å²) in [6.07, 6.45) is 3.80. The van der Waals surface area contributed by atoms with E-state index in [1.165, 1.54) is 6.42 Å². The van der Waals surface area contributed by atoms with E-state index in [2.05, 4.69) is 19.9 Å². The first kappa shape index (κ1) is 10.5. The maximum absolute atomic E-state index is 12.2. The Morgan fingerprint density at radius 2 is 2.07 bits per heavy atom. The molecule has 1 saturated carbocycles. The SMILES string of the molecule is CC1CCC(C)N(C(=O)C2(C#N)CC2)C1. The highest BCUT2D eigenvalue weighted by Crippen LogP contribution is 2.47. The van der Waals surface area contributed by atoms with E-state index < -0.39 is 5.41 Å². The molecule has 15 heavy (non-hydrogen) atoms. The van der Waals surface area contributed by atoms with Gasteiger partial charge in [-0.05, 0) is 38.5 Å². The summed E-state index contributed by atoms with van der Waals surface area (Å²) in [6, 6.07) is 2.51. The number of carbonyl (C=O) groups is 1. The van der Waals surface area contributed by atoms with Gasteiger partial charge in [-0.1, -0.05) is 6.92 Å². The van der Waals surface area contributed by atoms with Crippen LogP contribution in [0.2, 0.25) is 0 Å². The molecule has 1 aliphatic carbocycles. The number of carbonyl (C=O) groups excluding carboxylic acids is 1. The van der Waals surface area contributed by atoms with Crippen LogP contribution in [-0.2, 0) is 4.79 Å². The second-order valence-electron chi connectivity index (χ2n) is 5.18. The van der Waals surface area contributed by atoms with Crippen LogP contribution >= 0.6 is 0 Å². The molecule has 3 heteroatoms. The molecule has 2 rings (SSSR count). The quantitative estimate of drug-likeness (QED) is 0.658. The number of nitrogens with zero attached hydrogens (tertiary/aromatic N) is 2. The van der Waals surface area contributed by atoms with Gasteiger partial charge < -0.3 is 4.90 Å². The highest BCUT2D eigenvalue weighted by molar-refractivity contribution is 5.88. The number of hydrogen-bond acceptors (Lipinski definition) is 2. The van der Waals surface area contributed by atoms with Gasteiger partial charge in [0, 0.05) is 12.6 Å². The Morgan fingerprint density at radius 1 is 1.40 bits per heavy atom. The predicted octanol–water partition coefficient (Wildman–Crippen LogP) is 1.94. The van der Waals surface area contributed by atoms with Crippen molar-refractivity contribution in [1.29, 1.82) is 5.26 Å². The van der Waals surface area contributed by atoms with Gasteiger partial charge in [0.1, 0.15) is 5.41 Å². The van der Waals surface area contributed by atoms with Crippen LogP contribution in [0.1, 0.15) is 39.5 Å². The van der Waals surface area contributed by atoms with E-state index in [9.17, 15) is 4.79 Å². The topological polar surface area (TPSA) is 44.1 Å². The van der Waals surface area contributed by atoms with Crippen molar-refractivity contribution in [3.8, 4) is 6.07 Å². The van der Waals surface area contributed by atoms with E-state index in [0.29, 0.717) is 12.0 Å². The summed E-state index contributed by atoms with van der Waals surface area (Å²) < 4.78 is 0. The summed E-state index contributed by atoms with van der Waals surface area (Å²) in [5.74, 6) is 0.670. The molecular weight excluding hydrogens is 188 g/mol. The Morgan fingerprint density at radius 3 is 2.60 bits per heavy atom. The average Bonchev–Trinajstić information content (AvgIpc) is 3.01. The maximum atomic E-state index is 12.2. The third-order valence-electron chi connectivity index (χ3n) is 3.75. The Hall–Kier alpha value is -1.04. The molecule has 0 radical (unpaired) electrons. The number of nitriles is 1. The van der Waals surface area contributed by atoms with Crippen molar-refractivity contribution in [1.82, 2.24) is 4.90 Å². The minimum absolute atomic E-state index is 0.0871. The fourth-order valence-corrected chi connectivity index (χ4v) is 2.35. The van der Waals surface area contributed by atoms with Gasteiger partial charge in [-0.2, -0.15) is 5.26 Å². The van der Waals surface area contributed by atoms with Crippen molar-refractivity contribution >= 4 is 5.91 Å². The van der Waals surface area contributed by atoms with E-state index in [1.807, 2.05) is 4.90 Å². The van der Waals surface area contributed by atoms with E-state index in [4.69, 9.17) is 5.26 Å². The Kier molecular flexibility index (Phi) is 2.46.